The molecule has 0 amide bonds. The predicted octanol–water partition coefficient (Wildman–Crippen LogP) is -2.70. The number of H-pyrrole nitrogens is 1. The smallest absolute Gasteiger partial charge is 0.330 e. The number of halogens is 1. The fourth-order valence-corrected chi connectivity index (χ4v) is 2.22. The second-order valence-electron chi connectivity index (χ2n) is 5.00. The van der Waals surface area contributed by atoms with Gasteiger partial charge in [-0.2, -0.15) is 0 Å². The molecule has 1 aliphatic rings. The van der Waals surface area contributed by atoms with Gasteiger partial charge in [0.1, 0.15) is 12.2 Å². The number of nitrogens with one attached hydrogen (secondary N) is 2. The van der Waals surface area contributed by atoms with E-state index < -0.39 is 55.0 Å². The lowest BCUT2D eigenvalue weighted by Gasteiger charge is -2.16. The first-order valence-electron chi connectivity index (χ1n) is 6.70. The number of carboxylic acids is 1. The van der Waals surface area contributed by atoms with Gasteiger partial charge >= 0.3 is 11.7 Å². The summed E-state index contributed by atoms with van der Waals surface area (Å²) in [7, 11) is 0. The minimum absolute atomic E-state index is 0.0106. The number of aliphatic hydroxyl groups excluding tert-OH is 2. The van der Waals surface area contributed by atoms with Gasteiger partial charge in [-0.1, -0.05) is 0 Å². The van der Waals surface area contributed by atoms with Crippen LogP contribution in [0.25, 0.3) is 0 Å². The maximum atomic E-state index is 14.0. The molecule has 1 aliphatic heterocycles. The van der Waals surface area contributed by atoms with Crippen LogP contribution in [0.2, 0.25) is 0 Å². The third-order valence-corrected chi connectivity index (χ3v) is 3.38. The zero-order chi connectivity index (χ0) is 17.1. The molecule has 10 nitrogen and oxygen atoms in total. The Labute approximate surface area is 128 Å². The van der Waals surface area contributed by atoms with Gasteiger partial charge in [0.05, 0.1) is 13.2 Å². The van der Waals surface area contributed by atoms with E-state index in [-0.39, 0.29) is 12.1 Å². The monoisotopic (exact) mass is 333 g/mol. The molecule has 0 bridgehead atoms. The molecule has 5 N–H and O–H groups in total. The number of hydrogen-bond donors (Lipinski definition) is 5. The van der Waals surface area contributed by atoms with Crippen LogP contribution in [0.4, 0.5) is 4.39 Å². The van der Waals surface area contributed by atoms with Gasteiger partial charge in [-0.3, -0.25) is 19.1 Å². The first-order valence-corrected chi connectivity index (χ1v) is 6.70. The van der Waals surface area contributed by atoms with Gasteiger partial charge in [0, 0.05) is 18.3 Å². The summed E-state index contributed by atoms with van der Waals surface area (Å²) in [5.41, 5.74) is -1.71. The number of rotatable bonds is 6. The number of carboxylic acid groups (broad SMARTS) is 1. The highest BCUT2D eigenvalue weighted by atomic mass is 19.1. The average Bonchev–Trinajstić information content (AvgIpc) is 2.77. The Morgan fingerprint density at radius 1 is 1.48 bits per heavy atom. The number of alkyl halides is 1. The minimum Gasteiger partial charge on any atom is -0.480 e. The van der Waals surface area contributed by atoms with Crippen molar-refractivity contribution < 1.29 is 29.2 Å². The van der Waals surface area contributed by atoms with Crippen LogP contribution in [0.1, 0.15) is 11.8 Å². The molecule has 4 atom stereocenters. The molecule has 128 valence electrons. The van der Waals surface area contributed by atoms with Gasteiger partial charge in [-0.05, 0) is 0 Å². The van der Waals surface area contributed by atoms with Crippen molar-refractivity contribution in [2.75, 3.05) is 13.2 Å². The van der Waals surface area contributed by atoms with Crippen LogP contribution < -0.4 is 16.6 Å². The highest BCUT2D eigenvalue weighted by Gasteiger charge is 2.45. The van der Waals surface area contributed by atoms with Crippen molar-refractivity contribution in [3.63, 3.8) is 0 Å². The van der Waals surface area contributed by atoms with Gasteiger partial charge in [-0.25, -0.2) is 9.18 Å². The van der Waals surface area contributed by atoms with Crippen molar-refractivity contribution in [3.05, 3.63) is 32.6 Å². The summed E-state index contributed by atoms with van der Waals surface area (Å²) < 4.78 is 19.9. The molecule has 0 unspecified atom stereocenters. The zero-order valence-electron chi connectivity index (χ0n) is 11.8. The molecule has 2 rings (SSSR count). The van der Waals surface area contributed by atoms with Gasteiger partial charge in [0.15, 0.2) is 12.4 Å². The predicted molar refractivity (Wildman–Crippen MR) is 72.6 cm³/mol. The third kappa shape index (κ3) is 3.64. The zero-order valence-corrected chi connectivity index (χ0v) is 11.8. The molecule has 1 aromatic heterocycles. The lowest BCUT2D eigenvalue weighted by molar-refractivity contribution is -0.136. The molecule has 23 heavy (non-hydrogen) atoms. The van der Waals surface area contributed by atoms with Crippen LogP contribution in [0.5, 0.6) is 0 Å². The topological polar surface area (TPSA) is 154 Å². The largest absolute Gasteiger partial charge is 0.480 e. The SMILES string of the molecule is O=C(O)CNCc1cn([C@@H]2O[C@H](CO)[C@H](O)[C@@H]2F)c(=O)[nH]c1=O. The quantitative estimate of drug-likeness (QED) is 0.377. The molecule has 1 fully saturated rings. The van der Waals surface area contributed by atoms with Crippen molar-refractivity contribution in [1.82, 2.24) is 14.9 Å². The van der Waals surface area contributed by atoms with Crippen molar-refractivity contribution >= 4 is 5.97 Å². The summed E-state index contributed by atoms with van der Waals surface area (Å²) in [6, 6.07) is 0. The molecule has 1 aromatic rings. The Balaban J connectivity index is 2.27. The van der Waals surface area contributed by atoms with Crippen LogP contribution in [-0.2, 0) is 16.1 Å². The number of ether oxygens (including phenoxy) is 1. The second-order valence-corrected chi connectivity index (χ2v) is 5.00. The molecule has 0 aliphatic carbocycles. The lowest BCUT2D eigenvalue weighted by Crippen LogP contribution is -2.38. The van der Waals surface area contributed by atoms with E-state index in [4.69, 9.17) is 14.9 Å². The Morgan fingerprint density at radius 3 is 2.74 bits per heavy atom. The van der Waals surface area contributed by atoms with Crippen LogP contribution >= 0.6 is 0 Å². The summed E-state index contributed by atoms with van der Waals surface area (Å²) in [4.78, 5) is 35.9. The van der Waals surface area contributed by atoms with Crippen LogP contribution in [0.15, 0.2) is 15.8 Å². The van der Waals surface area contributed by atoms with Crippen LogP contribution in [0.3, 0.4) is 0 Å². The van der Waals surface area contributed by atoms with Crippen molar-refractivity contribution in [2.24, 2.45) is 0 Å². The van der Waals surface area contributed by atoms with Gasteiger partial charge in [0.25, 0.3) is 5.56 Å². The first kappa shape index (κ1) is 17.3. The van der Waals surface area contributed by atoms with Crippen LogP contribution in [0, 0.1) is 0 Å². The molecule has 0 spiro atoms. The summed E-state index contributed by atoms with van der Waals surface area (Å²) in [5.74, 6) is -1.13. The summed E-state index contributed by atoms with van der Waals surface area (Å²) in [6.45, 7) is -1.21. The molecule has 0 radical (unpaired) electrons. The fourth-order valence-electron chi connectivity index (χ4n) is 2.22. The number of carbonyl (C=O) groups is 1. The Bertz CT molecular complexity index is 688. The normalized spacial score (nSPS) is 27.3. The molecule has 2 heterocycles. The second kappa shape index (κ2) is 7.00. The summed E-state index contributed by atoms with van der Waals surface area (Å²) >= 11 is 0. The number of aromatic amines is 1. The number of nitrogens with zero attached hydrogens (tertiary/aromatic N) is 1. The van der Waals surface area contributed by atoms with E-state index in [1.54, 1.807) is 0 Å². The van der Waals surface area contributed by atoms with Crippen molar-refractivity contribution in [1.29, 1.82) is 0 Å². The number of hydrogen-bond acceptors (Lipinski definition) is 7. The molecule has 1 saturated heterocycles. The minimum atomic E-state index is -1.98. The lowest BCUT2D eigenvalue weighted by atomic mass is 10.1. The van der Waals surface area contributed by atoms with Gasteiger partial charge in [-0.15, -0.1) is 0 Å². The first-order chi connectivity index (χ1) is 10.8. The van der Waals surface area contributed by atoms with E-state index in [2.05, 4.69) is 5.32 Å². The fraction of sp³-hybridized carbons (Fsp3) is 0.583. The maximum absolute atomic E-state index is 14.0. The van der Waals surface area contributed by atoms with E-state index in [0.29, 0.717) is 0 Å². The number of aromatic nitrogens is 2. The highest BCUT2D eigenvalue weighted by Crippen LogP contribution is 2.30. The van der Waals surface area contributed by atoms with E-state index in [9.17, 15) is 23.9 Å². The molecular formula is C12H16FN3O7. The molecule has 0 aromatic carbocycles. The maximum Gasteiger partial charge on any atom is 0.330 e. The van der Waals surface area contributed by atoms with Crippen LogP contribution in [-0.4, -0.2) is 62.4 Å². The van der Waals surface area contributed by atoms with Crippen molar-refractivity contribution in [3.8, 4) is 0 Å². The summed E-state index contributed by atoms with van der Waals surface area (Å²) in [6.07, 6.45) is -5.26. The van der Waals surface area contributed by atoms with E-state index in [1.807, 2.05) is 4.98 Å². The Morgan fingerprint density at radius 2 is 2.17 bits per heavy atom. The molecular weight excluding hydrogens is 317 g/mol. The van der Waals surface area contributed by atoms with E-state index in [1.165, 1.54) is 0 Å². The third-order valence-electron chi connectivity index (χ3n) is 3.38. The number of aliphatic carboxylic acids is 1. The van der Waals surface area contributed by atoms with E-state index >= 15 is 0 Å². The van der Waals surface area contributed by atoms with Crippen molar-refractivity contribution in [2.45, 2.75) is 31.2 Å². The molecule has 11 heteroatoms. The molecule has 0 saturated carbocycles. The van der Waals surface area contributed by atoms with E-state index in [0.717, 1.165) is 10.8 Å². The number of aliphatic hydroxyl groups is 2. The Hall–Kier alpha value is -2.08. The standard InChI is InChI=1S/C12H16FN3O7/c13-8-9(20)6(4-17)23-11(8)16-3-5(1-14-2-7(18)19)10(21)15-12(16)22/h3,6,8-9,11,14,17,20H,1-2,4H2,(H,18,19)(H,15,21,22)/t6-,8+,9+,11-/m1/s1. The summed E-state index contributed by atoms with van der Waals surface area (Å²) in [5, 5.41) is 29.6. The van der Waals surface area contributed by atoms with Gasteiger partial charge < -0.3 is 25.4 Å². The van der Waals surface area contributed by atoms with Gasteiger partial charge in [0.2, 0.25) is 0 Å². The Kier molecular flexibility index (Phi) is 5.26. The average molecular weight is 333 g/mol. The highest BCUT2D eigenvalue weighted by molar-refractivity contribution is 5.68.